The number of piperazine rings is 1. The minimum atomic E-state index is -0.948. The fraction of sp³-hybridized carbons (Fsp3) is 0.364. The van der Waals surface area contributed by atoms with E-state index in [2.05, 4.69) is 36.9 Å². The van der Waals surface area contributed by atoms with Gasteiger partial charge in [0.1, 0.15) is 6.54 Å². The molecule has 1 saturated heterocycles. The van der Waals surface area contributed by atoms with Crippen molar-refractivity contribution in [3.63, 3.8) is 0 Å². The predicted molar refractivity (Wildman–Crippen MR) is 111 cm³/mol. The van der Waals surface area contributed by atoms with E-state index in [9.17, 15) is 14.7 Å². The lowest BCUT2D eigenvalue weighted by Crippen LogP contribution is -2.52. The van der Waals surface area contributed by atoms with Gasteiger partial charge in [-0.2, -0.15) is 0 Å². The van der Waals surface area contributed by atoms with E-state index in [0.29, 0.717) is 13.1 Å². The van der Waals surface area contributed by atoms with Crippen molar-refractivity contribution in [3.05, 3.63) is 59.7 Å². The topological polar surface area (TPSA) is 64.1 Å². The smallest absolute Gasteiger partial charge is 0.323 e. The lowest BCUT2D eigenvalue weighted by Gasteiger charge is -2.37. The third-order valence-corrected chi connectivity index (χ3v) is 5.11. The van der Waals surface area contributed by atoms with Crippen molar-refractivity contribution < 1.29 is 14.7 Å². The summed E-state index contributed by atoms with van der Waals surface area (Å²) >= 11 is 0. The Labute approximate surface area is 166 Å². The van der Waals surface area contributed by atoms with E-state index < -0.39 is 5.97 Å². The normalized spacial score (nSPS) is 14.1. The van der Waals surface area contributed by atoms with Gasteiger partial charge in [0.05, 0.1) is 6.54 Å². The fourth-order valence-electron chi connectivity index (χ4n) is 3.56. The molecule has 1 aliphatic heterocycles. The maximum atomic E-state index is 12.8. The largest absolute Gasteiger partial charge is 0.480 e. The molecule has 0 spiro atoms. The summed E-state index contributed by atoms with van der Waals surface area (Å²) in [7, 11) is 0. The van der Waals surface area contributed by atoms with Crippen LogP contribution in [0.2, 0.25) is 0 Å². The zero-order valence-corrected chi connectivity index (χ0v) is 16.5. The molecule has 2 aromatic rings. The molecule has 6 heteroatoms. The number of carbonyl (C=O) groups excluding carboxylic acids is 1. The number of benzene rings is 2. The summed E-state index contributed by atoms with van der Waals surface area (Å²) in [6.07, 6.45) is 0. The minimum Gasteiger partial charge on any atom is -0.480 e. The number of hydrogen-bond acceptors (Lipinski definition) is 4. The number of para-hydroxylation sites is 1. The molecule has 0 aliphatic carbocycles. The summed E-state index contributed by atoms with van der Waals surface area (Å²) < 4.78 is 0. The molecule has 28 heavy (non-hydrogen) atoms. The van der Waals surface area contributed by atoms with Crippen molar-refractivity contribution in [2.45, 2.75) is 13.8 Å². The number of rotatable bonds is 6. The molecular weight excluding hydrogens is 354 g/mol. The van der Waals surface area contributed by atoms with E-state index in [1.54, 1.807) is 4.90 Å². The number of amides is 1. The number of hydrogen-bond donors (Lipinski definition) is 1. The molecule has 1 aliphatic rings. The summed E-state index contributed by atoms with van der Waals surface area (Å²) in [6, 6.07) is 15.7. The Bertz CT molecular complexity index is 830. The number of carbonyl (C=O) groups is 2. The van der Waals surface area contributed by atoms with Crippen molar-refractivity contribution in [3.8, 4) is 0 Å². The van der Waals surface area contributed by atoms with E-state index in [0.717, 1.165) is 18.8 Å². The quantitative estimate of drug-likeness (QED) is 0.833. The Hall–Kier alpha value is -3.02. The van der Waals surface area contributed by atoms with Crippen LogP contribution in [0, 0.1) is 13.8 Å². The molecule has 0 radical (unpaired) electrons. The molecule has 0 bridgehead atoms. The minimum absolute atomic E-state index is 0.0364. The molecular formula is C22H27N3O3. The van der Waals surface area contributed by atoms with Gasteiger partial charge in [-0.1, -0.05) is 30.3 Å². The van der Waals surface area contributed by atoms with E-state index in [1.807, 2.05) is 35.2 Å². The standard InChI is InChI=1S/C22H27N3O3/c1-17-8-9-18(2)20(14-17)23-10-12-24(13-11-23)21(26)15-25(16-22(27)28)19-6-4-3-5-7-19/h3-9,14H,10-13,15-16H2,1-2H3,(H,27,28). The third kappa shape index (κ3) is 4.82. The van der Waals surface area contributed by atoms with Gasteiger partial charge in [-0.05, 0) is 43.2 Å². The van der Waals surface area contributed by atoms with Crippen LogP contribution in [0.5, 0.6) is 0 Å². The van der Waals surface area contributed by atoms with Crippen LogP contribution in [0.3, 0.4) is 0 Å². The maximum Gasteiger partial charge on any atom is 0.323 e. The van der Waals surface area contributed by atoms with Gasteiger partial charge in [-0.15, -0.1) is 0 Å². The third-order valence-electron chi connectivity index (χ3n) is 5.11. The van der Waals surface area contributed by atoms with Gasteiger partial charge < -0.3 is 19.8 Å². The van der Waals surface area contributed by atoms with Crippen LogP contribution < -0.4 is 9.80 Å². The fourth-order valence-corrected chi connectivity index (χ4v) is 3.56. The SMILES string of the molecule is Cc1ccc(C)c(N2CCN(C(=O)CN(CC(=O)O)c3ccccc3)CC2)c1. The number of anilines is 2. The monoisotopic (exact) mass is 381 g/mol. The summed E-state index contributed by atoms with van der Waals surface area (Å²) in [5, 5.41) is 9.20. The van der Waals surface area contributed by atoms with Gasteiger partial charge in [0.25, 0.3) is 0 Å². The highest BCUT2D eigenvalue weighted by atomic mass is 16.4. The first-order valence-electron chi connectivity index (χ1n) is 9.56. The Kier molecular flexibility index (Phi) is 6.19. The summed E-state index contributed by atoms with van der Waals surface area (Å²) in [5.74, 6) is -0.984. The van der Waals surface area contributed by atoms with Crippen LogP contribution in [-0.4, -0.2) is 61.2 Å². The number of aryl methyl sites for hydroxylation is 2. The predicted octanol–water partition coefficient (Wildman–Crippen LogP) is 2.54. The van der Waals surface area contributed by atoms with E-state index >= 15 is 0 Å². The molecule has 148 valence electrons. The van der Waals surface area contributed by atoms with Crippen molar-refractivity contribution in [1.82, 2.24) is 4.90 Å². The Morgan fingerprint density at radius 1 is 0.964 bits per heavy atom. The zero-order chi connectivity index (χ0) is 20.1. The Morgan fingerprint density at radius 2 is 1.64 bits per heavy atom. The number of carboxylic acid groups (broad SMARTS) is 1. The highest BCUT2D eigenvalue weighted by Crippen LogP contribution is 2.23. The van der Waals surface area contributed by atoms with Crippen LogP contribution in [0.25, 0.3) is 0 Å². The first-order valence-corrected chi connectivity index (χ1v) is 9.56. The number of nitrogens with zero attached hydrogens (tertiary/aromatic N) is 3. The Morgan fingerprint density at radius 3 is 2.29 bits per heavy atom. The first kappa shape index (κ1) is 19.7. The second kappa shape index (κ2) is 8.78. The average molecular weight is 381 g/mol. The van der Waals surface area contributed by atoms with Crippen molar-refractivity contribution in [1.29, 1.82) is 0 Å². The molecule has 0 saturated carbocycles. The molecule has 2 aromatic carbocycles. The molecule has 3 rings (SSSR count). The van der Waals surface area contributed by atoms with Gasteiger partial charge in [-0.25, -0.2) is 0 Å². The zero-order valence-electron chi connectivity index (χ0n) is 16.5. The van der Waals surface area contributed by atoms with Crippen LogP contribution in [0.15, 0.2) is 48.5 Å². The summed E-state index contributed by atoms with van der Waals surface area (Å²) in [4.78, 5) is 29.8. The van der Waals surface area contributed by atoms with E-state index in [-0.39, 0.29) is 19.0 Å². The highest BCUT2D eigenvalue weighted by molar-refractivity contribution is 5.84. The molecule has 0 unspecified atom stereocenters. The molecule has 1 heterocycles. The summed E-state index contributed by atoms with van der Waals surface area (Å²) in [5.41, 5.74) is 4.43. The number of aliphatic carboxylic acids is 1. The second-order valence-electron chi connectivity index (χ2n) is 7.24. The molecule has 0 aromatic heterocycles. The Balaban J connectivity index is 1.62. The summed E-state index contributed by atoms with van der Waals surface area (Å²) in [6.45, 7) is 6.90. The molecule has 1 amide bonds. The van der Waals surface area contributed by atoms with Crippen molar-refractivity contribution in [2.75, 3.05) is 49.1 Å². The lowest BCUT2D eigenvalue weighted by molar-refractivity contribution is -0.135. The number of carboxylic acids is 1. The first-order chi connectivity index (χ1) is 13.4. The lowest BCUT2D eigenvalue weighted by atomic mass is 10.1. The van der Waals surface area contributed by atoms with Crippen molar-refractivity contribution >= 4 is 23.3 Å². The van der Waals surface area contributed by atoms with Crippen LogP contribution in [0.1, 0.15) is 11.1 Å². The van der Waals surface area contributed by atoms with Crippen molar-refractivity contribution in [2.24, 2.45) is 0 Å². The van der Waals surface area contributed by atoms with Crippen LogP contribution in [-0.2, 0) is 9.59 Å². The second-order valence-corrected chi connectivity index (χ2v) is 7.24. The average Bonchev–Trinajstić information content (AvgIpc) is 2.70. The molecule has 1 fully saturated rings. The van der Waals surface area contributed by atoms with Gasteiger partial charge in [0, 0.05) is 37.6 Å². The van der Waals surface area contributed by atoms with Gasteiger partial charge >= 0.3 is 5.97 Å². The van der Waals surface area contributed by atoms with E-state index in [1.165, 1.54) is 16.8 Å². The van der Waals surface area contributed by atoms with E-state index in [4.69, 9.17) is 0 Å². The highest BCUT2D eigenvalue weighted by Gasteiger charge is 2.24. The van der Waals surface area contributed by atoms with Crippen LogP contribution >= 0.6 is 0 Å². The molecule has 6 nitrogen and oxygen atoms in total. The van der Waals surface area contributed by atoms with Gasteiger partial charge in [0.15, 0.2) is 0 Å². The molecule has 1 N–H and O–H groups in total. The molecule has 0 atom stereocenters. The maximum absolute atomic E-state index is 12.8. The van der Waals surface area contributed by atoms with Gasteiger partial charge in [0.2, 0.25) is 5.91 Å². The van der Waals surface area contributed by atoms with Gasteiger partial charge in [-0.3, -0.25) is 9.59 Å². The van der Waals surface area contributed by atoms with Crippen LogP contribution in [0.4, 0.5) is 11.4 Å².